The van der Waals surface area contributed by atoms with Crippen molar-refractivity contribution < 1.29 is 9.53 Å². The minimum atomic E-state index is -0.524. The molecule has 2 atom stereocenters. The Hall–Kier alpha value is -0.590. The standard InChI is InChI=1S/C15H21BrN2O2S/c1-3-8-18-15(14(19)20-2)7-6-11(10-15)21-13-12(16)5-4-9-17-13/h4-5,9,11,18H,3,6-8,10H2,1-2H3. The maximum Gasteiger partial charge on any atom is 0.326 e. The summed E-state index contributed by atoms with van der Waals surface area (Å²) in [5.74, 6) is -0.140. The van der Waals surface area contributed by atoms with Crippen LogP contribution in [0.3, 0.4) is 0 Å². The molecule has 4 nitrogen and oxygen atoms in total. The van der Waals surface area contributed by atoms with E-state index in [0.29, 0.717) is 5.25 Å². The molecule has 0 aromatic carbocycles. The molecular formula is C15H21BrN2O2S. The van der Waals surface area contributed by atoms with Gasteiger partial charge in [0.05, 0.1) is 7.11 Å². The number of esters is 1. The highest BCUT2D eigenvalue weighted by molar-refractivity contribution is 9.10. The smallest absolute Gasteiger partial charge is 0.326 e. The second-order valence-electron chi connectivity index (χ2n) is 5.27. The molecule has 0 bridgehead atoms. The number of aromatic nitrogens is 1. The number of nitrogens with zero attached hydrogens (tertiary/aromatic N) is 1. The number of hydrogen-bond donors (Lipinski definition) is 1. The van der Waals surface area contributed by atoms with E-state index in [0.717, 1.165) is 41.7 Å². The zero-order valence-corrected chi connectivity index (χ0v) is 14.8. The van der Waals surface area contributed by atoms with Crippen LogP contribution >= 0.6 is 27.7 Å². The largest absolute Gasteiger partial charge is 0.468 e. The van der Waals surface area contributed by atoms with Crippen molar-refractivity contribution in [2.45, 2.75) is 48.4 Å². The number of rotatable bonds is 6. The number of methoxy groups -OCH3 is 1. The average molecular weight is 373 g/mol. The summed E-state index contributed by atoms with van der Waals surface area (Å²) in [6, 6.07) is 3.90. The van der Waals surface area contributed by atoms with Crippen molar-refractivity contribution in [2.75, 3.05) is 13.7 Å². The van der Waals surface area contributed by atoms with Crippen molar-refractivity contribution in [3.63, 3.8) is 0 Å². The van der Waals surface area contributed by atoms with Gasteiger partial charge >= 0.3 is 5.97 Å². The lowest BCUT2D eigenvalue weighted by atomic mass is 9.97. The SMILES string of the molecule is CCCNC1(C(=O)OC)CCC(Sc2ncccc2Br)C1. The van der Waals surface area contributed by atoms with E-state index < -0.39 is 5.54 Å². The van der Waals surface area contributed by atoms with E-state index in [4.69, 9.17) is 4.74 Å². The first-order valence-corrected chi connectivity index (χ1v) is 8.89. The quantitative estimate of drug-likeness (QED) is 0.775. The summed E-state index contributed by atoms with van der Waals surface area (Å²) in [6.07, 6.45) is 5.39. The van der Waals surface area contributed by atoms with Crippen LogP contribution in [0.5, 0.6) is 0 Å². The summed E-state index contributed by atoms with van der Waals surface area (Å²) in [4.78, 5) is 16.6. The van der Waals surface area contributed by atoms with Gasteiger partial charge in [0.25, 0.3) is 0 Å². The lowest BCUT2D eigenvalue weighted by Gasteiger charge is -2.27. The molecule has 2 unspecified atom stereocenters. The van der Waals surface area contributed by atoms with E-state index >= 15 is 0 Å². The second kappa shape index (κ2) is 7.61. The minimum Gasteiger partial charge on any atom is -0.468 e. The molecule has 1 fully saturated rings. The van der Waals surface area contributed by atoms with Gasteiger partial charge in [-0.25, -0.2) is 4.98 Å². The van der Waals surface area contributed by atoms with Crippen molar-refractivity contribution in [1.82, 2.24) is 10.3 Å². The summed E-state index contributed by atoms with van der Waals surface area (Å²) in [5.41, 5.74) is -0.524. The Balaban J connectivity index is 2.06. The van der Waals surface area contributed by atoms with Crippen molar-refractivity contribution in [3.05, 3.63) is 22.8 Å². The number of carbonyl (C=O) groups excluding carboxylic acids is 1. The normalized spacial score (nSPS) is 25.0. The zero-order chi connectivity index (χ0) is 15.3. The molecule has 21 heavy (non-hydrogen) atoms. The lowest BCUT2D eigenvalue weighted by Crippen LogP contribution is -2.51. The van der Waals surface area contributed by atoms with Gasteiger partial charge in [0, 0.05) is 15.9 Å². The van der Waals surface area contributed by atoms with Gasteiger partial charge in [-0.2, -0.15) is 0 Å². The van der Waals surface area contributed by atoms with E-state index in [9.17, 15) is 4.79 Å². The van der Waals surface area contributed by atoms with Crippen LogP contribution in [0.1, 0.15) is 32.6 Å². The highest BCUT2D eigenvalue weighted by Gasteiger charge is 2.46. The highest BCUT2D eigenvalue weighted by atomic mass is 79.9. The van der Waals surface area contributed by atoms with Crippen LogP contribution in [0, 0.1) is 0 Å². The van der Waals surface area contributed by atoms with Crippen LogP contribution in [0.25, 0.3) is 0 Å². The molecule has 1 heterocycles. The Bertz CT molecular complexity index is 500. The first kappa shape index (κ1) is 16.8. The van der Waals surface area contributed by atoms with Gasteiger partial charge in [0.2, 0.25) is 0 Å². The van der Waals surface area contributed by atoms with Gasteiger partial charge in [-0.15, -0.1) is 11.8 Å². The molecule has 1 aromatic rings. The van der Waals surface area contributed by atoms with E-state index in [1.165, 1.54) is 7.11 Å². The van der Waals surface area contributed by atoms with E-state index in [-0.39, 0.29) is 5.97 Å². The number of thioether (sulfide) groups is 1. The first-order chi connectivity index (χ1) is 10.1. The number of nitrogens with one attached hydrogen (secondary N) is 1. The van der Waals surface area contributed by atoms with E-state index in [1.807, 2.05) is 12.1 Å². The molecule has 1 aromatic heterocycles. The van der Waals surface area contributed by atoms with Gasteiger partial charge in [0.15, 0.2) is 0 Å². The van der Waals surface area contributed by atoms with Crippen LogP contribution in [0.4, 0.5) is 0 Å². The third-order valence-corrected chi connectivity index (χ3v) is 5.95. The first-order valence-electron chi connectivity index (χ1n) is 7.22. The van der Waals surface area contributed by atoms with Gasteiger partial charge in [0.1, 0.15) is 10.6 Å². The summed E-state index contributed by atoms with van der Waals surface area (Å²) >= 11 is 5.26. The molecule has 0 radical (unpaired) electrons. The van der Waals surface area contributed by atoms with Crippen molar-refractivity contribution >= 4 is 33.7 Å². The maximum atomic E-state index is 12.2. The van der Waals surface area contributed by atoms with E-state index in [1.54, 1.807) is 18.0 Å². The molecule has 0 amide bonds. The fraction of sp³-hybridized carbons (Fsp3) is 0.600. The van der Waals surface area contributed by atoms with Gasteiger partial charge in [-0.3, -0.25) is 4.79 Å². The third kappa shape index (κ3) is 3.99. The molecular weight excluding hydrogens is 352 g/mol. The van der Waals surface area contributed by atoms with Crippen LogP contribution in [-0.4, -0.2) is 35.4 Å². The lowest BCUT2D eigenvalue weighted by molar-refractivity contribution is -0.148. The molecule has 1 N–H and O–H groups in total. The number of pyridine rings is 1. The predicted molar refractivity (Wildman–Crippen MR) is 88.5 cm³/mol. The van der Waals surface area contributed by atoms with Crippen LogP contribution in [0.2, 0.25) is 0 Å². The molecule has 116 valence electrons. The Labute approximate surface area is 138 Å². The number of halogens is 1. The summed E-state index contributed by atoms with van der Waals surface area (Å²) in [6.45, 7) is 2.93. The fourth-order valence-corrected chi connectivity index (χ4v) is 4.45. The third-order valence-electron chi connectivity index (χ3n) is 3.76. The molecule has 0 spiro atoms. The Kier molecular flexibility index (Phi) is 6.08. The Morgan fingerprint density at radius 2 is 2.48 bits per heavy atom. The number of carbonyl (C=O) groups is 1. The molecule has 1 saturated carbocycles. The maximum absolute atomic E-state index is 12.2. The molecule has 0 aliphatic heterocycles. The van der Waals surface area contributed by atoms with Crippen LogP contribution < -0.4 is 5.32 Å². The predicted octanol–water partition coefficient (Wildman–Crippen LogP) is 3.40. The zero-order valence-electron chi connectivity index (χ0n) is 12.4. The highest BCUT2D eigenvalue weighted by Crippen LogP contribution is 2.41. The number of ether oxygens (including phenoxy) is 1. The minimum absolute atomic E-state index is 0.140. The van der Waals surface area contributed by atoms with Gasteiger partial charge < -0.3 is 10.1 Å². The Morgan fingerprint density at radius 3 is 3.14 bits per heavy atom. The Morgan fingerprint density at radius 1 is 1.67 bits per heavy atom. The van der Waals surface area contributed by atoms with Gasteiger partial charge in [-0.05, 0) is 60.3 Å². The molecule has 0 saturated heterocycles. The summed E-state index contributed by atoms with van der Waals surface area (Å²) in [5, 5.41) is 4.77. The second-order valence-corrected chi connectivity index (χ2v) is 7.42. The monoisotopic (exact) mass is 372 g/mol. The summed E-state index contributed by atoms with van der Waals surface area (Å²) < 4.78 is 6.03. The molecule has 2 rings (SSSR count). The van der Waals surface area contributed by atoms with Crippen LogP contribution in [-0.2, 0) is 9.53 Å². The van der Waals surface area contributed by atoms with Crippen molar-refractivity contribution in [1.29, 1.82) is 0 Å². The fourth-order valence-electron chi connectivity index (χ4n) is 2.69. The molecule has 6 heteroatoms. The topological polar surface area (TPSA) is 51.2 Å². The van der Waals surface area contributed by atoms with Gasteiger partial charge in [-0.1, -0.05) is 6.92 Å². The van der Waals surface area contributed by atoms with Crippen molar-refractivity contribution in [2.24, 2.45) is 0 Å². The summed E-state index contributed by atoms with van der Waals surface area (Å²) in [7, 11) is 1.47. The molecule has 1 aliphatic carbocycles. The average Bonchev–Trinajstić information content (AvgIpc) is 2.91. The number of hydrogen-bond acceptors (Lipinski definition) is 5. The molecule has 1 aliphatic rings. The van der Waals surface area contributed by atoms with E-state index in [2.05, 4.69) is 33.2 Å². The van der Waals surface area contributed by atoms with Crippen molar-refractivity contribution in [3.8, 4) is 0 Å². The van der Waals surface area contributed by atoms with Crippen LogP contribution in [0.15, 0.2) is 27.8 Å².